The lowest BCUT2D eigenvalue weighted by atomic mass is 9.62. The maximum absolute atomic E-state index is 11.2. The van der Waals surface area contributed by atoms with Gasteiger partial charge < -0.3 is 25.2 Å². The van der Waals surface area contributed by atoms with Gasteiger partial charge >= 0.3 is 5.97 Å². The number of methoxy groups -OCH3 is 1. The first kappa shape index (κ1) is 16.4. The van der Waals surface area contributed by atoms with Crippen molar-refractivity contribution in [2.45, 2.75) is 49.8 Å². The van der Waals surface area contributed by atoms with Gasteiger partial charge in [-0.3, -0.25) is 0 Å². The van der Waals surface area contributed by atoms with Crippen LogP contribution in [0.25, 0.3) is 0 Å². The summed E-state index contributed by atoms with van der Waals surface area (Å²) in [5, 5.41) is 41.1. The van der Waals surface area contributed by atoms with Crippen LogP contribution in [0.5, 0.6) is 0 Å². The van der Waals surface area contributed by atoms with E-state index in [9.17, 15) is 20.4 Å². The number of aliphatic hydroxyl groups is 4. The predicted molar refractivity (Wildman–Crippen MR) is 82.8 cm³/mol. The lowest BCUT2D eigenvalue weighted by molar-refractivity contribution is -0.421. The lowest BCUT2D eigenvalue weighted by Gasteiger charge is -2.49. The summed E-state index contributed by atoms with van der Waals surface area (Å²) in [4.78, 5) is 0. The summed E-state index contributed by atoms with van der Waals surface area (Å²) >= 11 is 3.34. The second-order valence-corrected chi connectivity index (χ2v) is 7.46. The van der Waals surface area contributed by atoms with E-state index in [0.29, 0.717) is 37.7 Å². The van der Waals surface area contributed by atoms with E-state index in [1.165, 1.54) is 0 Å². The van der Waals surface area contributed by atoms with Crippen LogP contribution >= 0.6 is 15.9 Å². The largest absolute Gasteiger partial charge is 0.381 e. The Morgan fingerprint density at radius 2 is 1.86 bits per heavy atom. The summed E-state index contributed by atoms with van der Waals surface area (Å²) in [6.45, 7) is 0. The molecule has 1 unspecified atom stereocenters. The molecule has 0 bridgehead atoms. The number of rotatable bonds is 2. The van der Waals surface area contributed by atoms with Crippen molar-refractivity contribution in [1.82, 2.24) is 0 Å². The Bertz CT molecular complexity index is 574. The molecule has 2 aliphatic rings. The Hall–Kier alpha value is -0.500. The maximum atomic E-state index is 11.2. The highest BCUT2D eigenvalue weighted by Crippen LogP contribution is 2.61. The van der Waals surface area contributed by atoms with E-state index >= 15 is 0 Å². The van der Waals surface area contributed by atoms with Gasteiger partial charge in [0, 0.05) is 17.0 Å². The zero-order valence-electron chi connectivity index (χ0n) is 12.4. The van der Waals surface area contributed by atoms with Gasteiger partial charge in [0.1, 0.15) is 0 Å². The van der Waals surface area contributed by atoms with E-state index in [2.05, 4.69) is 15.9 Å². The van der Waals surface area contributed by atoms with Crippen LogP contribution < -0.4 is 0 Å². The summed E-state index contributed by atoms with van der Waals surface area (Å²) in [5.41, 5.74) is -1.70. The first-order valence-electron chi connectivity index (χ1n) is 7.45. The Labute approximate surface area is 137 Å². The van der Waals surface area contributed by atoms with Crippen molar-refractivity contribution in [2.24, 2.45) is 5.41 Å². The molecule has 122 valence electrons. The van der Waals surface area contributed by atoms with Crippen molar-refractivity contribution in [1.29, 1.82) is 0 Å². The highest BCUT2D eigenvalue weighted by Gasteiger charge is 2.67. The van der Waals surface area contributed by atoms with Gasteiger partial charge in [0.25, 0.3) is 0 Å². The molecule has 4 N–H and O–H groups in total. The van der Waals surface area contributed by atoms with Gasteiger partial charge in [0.2, 0.25) is 0 Å². The molecule has 1 spiro atoms. The van der Waals surface area contributed by atoms with Crippen LogP contribution in [0.2, 0.25) is 0 Å². The highest BCUT2D eigenvalue weighted by molar-refractivity contribution is 9.10. The zero-order chi connectivity index (χ0) is 16.2. The van der Waals surface area contributed by atoms with E-state index in [-0.39, 0.29) is 6.10 Å². The number of hydrogen-bond acceptors (Lipinski definition) is 5. The normalized spacial score (nSPS) is 34.9. The van der Waals surface area contributed by atoms with Crippen molar-refractivity contribution >= 4 is 15.9 Å². The van der Waals surface area contributed by atoms with E-state index in [4.69, 9.17) is 4.74 Å². The SMILES string of the molecule is COC1CCC2(CC1)Cc1ccc(Br)cc1C2(O)C(O)(O)O. The minimum atomic E-state index is -3.20. The number of fused-ring (bicyclic) bond motifs is 1. The highest BCUT2D eigenvalue weighted by atomic mass is 79.9. The average molecular weight is 373 g/mol. The molecule has 5 nitrogen and oxygen atoms in total. The fraction of sp³-hybridized carbons (Fsp3) is 0.625. The molecule has 0 aromatic heterocycles. The molecule has 1 aromatic carbocycles. The van der Waals surface area contributed by atoms with Crippen LogP contribution in [-0.4, -0.2) is 39.6 Å². The monoisotopic (exact) mass is 372 g/mol. The van der Waals surface area contributed by atoms with Gasteiger partial charge in [0.15, 0.2) is 5.60 Å². The second kappa shape index (κ2) is 5.26. The zero-order valence-corrected chi connectivity index (χ0v) is 14.0. The number of halogens is 1. The molecule has 22 heavy (non-hydrogen) atoms. The molecule has 0 saturated heterocycles. The van der Waals surface area contributed by atoms with E-state index in [1.807, 2.05) is 12.1 Å². The van der Waals surface area contributed by atoms with Crippen molar-refractivity contribution in [3.63, 3.8) is 0 Å². The van der Waals surface area contributed by atoms with Crippen LogP contribution in [0.15, 0.2) is 22.7 Å². The third kappa shape index (κ3) is 2.17. The number of benzene rings is 1. The molecule has 1 saturated carbocycles. The third-order valence-electron chi connectivity index (χ3n) is 5.47. The predicted octanol–water partition coefficient (Wildman–Crippen LogP) is 1.40. The maximum Gasteiger partial charge on any atom is 0.311 e. The Balaban J connectivity index is 2.09. The van der Waals surface area contributed by atoms with Crippen molar-refractivity contribution in [3.05, 3.63) is 33.8 Å². The molecule has 0 amide bonds. The van der Waals surface area contributed by atoms with Gasteiger partial charge in [-0.25, -0.2) is 0 Å². The van der Waals surface area contributed by atoms with E-state index < -0.39 is 17.0 Å². The molecular formula is C16H21BrO5. The number of ether oxygens (including phenoxy) is 1. The Morgan fingerprint density at radius 3 is 2.41 bits per heavy atom. The third-order valence-corrected chi connectivity index (χ3v) is 5.96. The van der Waals surface area contributed by atoms with Gasteiger partial charge in [-0.2, -0.15) is 0 Å². The van der Waals surface area contributed by atoms with Crippen LogP contribution in [0.3, 0.4) is 0 Å². The van der Waals surface area contributed by atoms with Gasteiger partial charge in [0.05, 0.1) is 6.10 Å². The molecule has 1 aromatic rings. The molecule has 1 fully saturated rings. The topological polar surface area (TPSA) is 90.2 Å². The second-order valence-electron chi connectivity index (χ2n) is 6.54. The van der Waals surface area contributed by atoms with Gasteiger partial charge in [-0.1, -0.05) is 22.0 Å². The van der Waals surface area contributed by atoms with Gasteiger partial charge in [-0.05, 0) is 55.4 Å². The molecule has 1 atom stereocenters. The first-order valence-corrected chi connectivity index (χ1v) is 8.24. The van der Waals surface area contributed by atoms with Gasteiger partial charge in [-0.15, -0.1) is 0 Å². The molecule has 2 aliphatic carbocycles. The van der Waals surface area contributed by atoms with Crippen LogP contribution in [0, 0.1) is 5.41 Å². The van der Waals surface area contributed by atoms with Crippen LogP contribution in [0.1, 0.15) is 36.8 Å². The molecule has 6 heteroatoms. The first-order chi connectivity index (χ1) is 10.2. The molecule has 3 rings (SSSR count). The molecular weight excluding hydrogens is 352 g/mol. The summed E-state index contributed by atoms with van der Waals surface area (Å²) < 4.78 is 6.09. The fourth-order valence-corrected chi connectivity index (χ4v) is 4.63. The molecule has 0 aliphatic heterocycles. The standard InChI is InChI=1S/C16H21BrO5/c1-22-12-4-6-14(7-5-12)9-10-2-3-11(17)8-13(10)15(14,18)16(19,20)21/h2-3,8,12,18-21H,4-7,9H2,1H3. The van der Waals surface area contributed by atoms with E-state index in [1.54, 1.807) is 13.2 Å². The van der Waals surface area contributed by atoms with Crippen molar-refractivity contribution < 1.29 is 25.2 Å². The summed E-state index contributed by atoms with van der Waals surface area (Å²) in [7, 11) is 1.66. The van der Waals surface area contributed by atoms with Crippen LogP contribution in [-0.2, 0) is 16.8 Å². The fourth-order valence-electron chi connectivity index (χ4n) is 4.27. The Morgan fingerprint density at radius 1 is 1.23 bits per heavy atom. The minimum Gasteiger partial charge on any atom is -0.381 e. The van der Waals surface area contributed by atoms with Crippen molar-refractivity contribution in [3.8, 4) is 0 Å². The smallest absolute Gasteiger partial charge is 0.311 e. The minimum absolute atomic E-state index is 0.107. The molecule has 0 radical (unpaired) electrons. The average Bonchev–Trinajstić information content (AvgIpc) is 2.70. The van der Waals surface area contributed by atoms with Crippen molar-refractivity contribution in [2.75, 3.05) is 7.11 Å². The number of hydrogen-bond donors (Lipinski definition) is 4. The Kier molecular flexibility index (Phi) is 3.91. The van der Waals surface area contributed by atoms with Crippen LogP contribution in [0.4, 0.5) is 0 Å². The quantitative estimate of drug-likeness (QED) is 0.589. The lowest BCUT2D eigenvalue weighted by Crippen LogP contribution is -2.61. The summed E-state index contributed by atoms with van der Waals surface area (Å²) in [6, 6.07) is 5.37. The summed E-state index contributed by atoms with van der Waals surface area (Å²) in [5.74, 6) is -3.20. The molecule has 0 heterocycles. The van der Waals surface area contributed by atoms with E-state index in [0.717, 1.165) is 10.0 Å². The summed E-state index contributed by atoms with van der Waals surface area (Å²) in [6.07, 6.45) is 3.14.